The molecule has 0 aliphatic heterocycles. The third kappa shape index (κ3) is 12.7. The highest BCUT2D eigenvalue weighted by atomic mass is 35.5. The Morgan fingerprint density at radius 1 is 0.824 bits per heavy atom. The fourth-order valence-corrected chi connectivity index (χ4v) is 1.81. The van der Waals surface area contributed by atoms with E-state index in [-0.39, 0.29) is 0 Å². The van der Waals surface area contributed by atoms with Crippen molar-refractivity contribution in [3.8, 4) is 0 Å². The van der Waals surface area contributed by atoms with Crippen LogP contribution in [0.5, 0.6) is 0 Å². The molecule has 0 aliphatic carbocycles. The monoisotopic (exact) mass is 285 g/mol. The van der Waals surface area contributed by atoms with Gasteiger partial charge in [0.25, 0.3) is 0 Å². The van der Waals surface area contributed by atoms with Gasteiger partial charge in [-0.1, -0.05) is 13.3 Å². The van der Waals surface area contributed by atoms with Gasteiger partial charge in [0.1, 0.15) is 0 Å². The molecule has 0 aliphatic rings. The van der Waals surface area contributed by atoms with E-state index in [1.54, 1.807) is 0 Å². The first-order valence-electron chi connectivity index (χ1n) is 6.35. The van der Waals surface area contributed by atoms with Crippen LogP contribution in [0.25, 0.3) is 0 Å². The fraction of sp³-hybridized carbons (Fsp3) is 1.00. The molecule has 0 saturated carbocycles. The van der Waals surface area contributed by atoms with Gasteiger partial charge >= 0.3 is 0 Å². The van der Waals surface area contributed by atoms with Gasteiger partial charge in [-0.05, 0) is 6.42 Å². The topological polar surface area (TPSA) is 21.7 Å². The number of rotatable bonds is 13. The van der Waals surface area contributed by atoms with Crippen LogP contribution in [0.4, 0.5) is 0 Å². The Balaban J connectivity index is 3.23. The fourth-order valence-electron chi connectivity index (χ4n) is 1.34. The molecule has 0 aromatic carbocycles. The van der Waals surface area contributed by atoms with Gasteiger partial charge in [0.2, 0.25) is 0 Å². The number of halogens is 2. The van der Waals surface area contributed by atoms with E-state index in [1.165, 1.54) is 6.42 Å². The maximum Gasteiger partial charge on any atom is 0.0701 e. The second kappa shape index (κ2) is 14.5. The maximum atomic E-state index is 5.70. The molecule has 0 rings (SSSR count). The summed E-state index contributed by atoms with van der Waals surface area (Å²) in [5, 5.41) is 0. The molecule has 0 saturated heterocycles. The van der Waals surface area contributed by atoms with Crippen molar-refractivity contribution in [1.29, 1.82) is 0 Å². The summed E-state index contributed by atoms with van der Waals surface area (Å²) < 4.78 is 10.9. The molecule has 5 heteroatoms. The number of hydrogen-bond acceptors (Lipinski definition) is 3. The van der Waals surface area contributed by atoms with Gasteiger partial charge in [-0.25, -0.2) is 0 Å². The molecule has 0 aromatic heterocycles. The highest BCUT2D eigenvalue weighted by molar-refractivity contribution is 6.18. The van der Waals surface area contributed by atoms with Crippen molar-refractivity contribution >= 4 is 23.2 Å². The van der Waals surface area contributed by atoms with Crippen LogP contribution in [-0.2, 0) is 9.47 Å². The van der Waals surface area contributed by atoms with Crippen molar-refractivity contribution in [1.82, 2.24) is 4.90 Å². The van der Waals surface area contributed by atoms with Crippen molar-refractivity contribution in [2.45, 2.75) is 19.8 Å². The summed E-state index contributed by atoms with van der Waals surface area (Å²) in [6.45, 7) is 7.67. The van der Waals surface area contributed by atoms with Crippen LogP contribution in [0.1, 0.15) is 19.8 Å². The zero-order valence-electron chi connectivity index (χ0n) is 10.8. The molecule has 0 unspecified atom stereocenters. The molecule has 0 aromatic rings. The Morgan fingerprint density at radius 3 is 1.94 bits per heavy atom. The van der Waals surface area contributed by atoms with Gasteiger partial charge in [-0.15, -0.1) is 23.2 Å². The Labute approximate surface area is 115 Å². The van der Waals surface area contributed by atoms with E-state index in [1.807, 2.05) is 0 Å². The van der Waals surface area contributed by atoms with Gasteiger partial charge in [0, 0.05) is 38.0 Å². The molecule has 104 valence electrons. The second-order valence-corrected chi connectivity index (χ2v) is 4.55. The van der Waals surface area contributed by atoms with E-state index < -0.39 is 0 Å². The van der Waals surface area contributed by atoms with Crippen LogP contribution < -0.4 is 0 Å². The number of hydrogen-bond donors (Lipinski definition) is 0. The minimum atomic E-state index is 0.636. The zero-order chi connectivity index (χ0) is 12.8. The summed E-state index contributed by atoms with van der Waals surface area (Å²) in [5.41, 5.74) is 0. The summed E-state index contributed by atoms with van der Waals surface area (Å²) in [6, 6.07) is 0. The minimum absolute atomic E-state index is 0.636. The first kappa shape index (κ1) is 17.5. The lowest BCUT2D eigenvalue weighted by molar-refractivity contribution is 0.0388. The second-order valence-electron chi connectivity index (χ2n) is 3.80. The Hall–Kier alpha value is 0.460. The van der Waals surface area contributed by atoms with Crippen LogP contribution in [0, 0.1) is 0 Å². The SMILES string of the molecule is CCCCOCCOCCN(CCCl)CCCl. The standard InChI is InChI=1S/C12H25Cl2NO2/c1-2-3-9-16-11-12-17-10-8-15(6-4-13)7-5-14/h2-12H2,1H3. The van der Waals surface area contributed by atoms with Crippen molar-refractivity contribution in [3.05, 3.63) is 0 Å². The lowest BCUT2D eigenvalue weighted by Gasteiger charge is -2.19. The van der Waals surface area contributed by atoms with Gasteiger partial charge in [0.15, 0.2) is 0 Å². The van der Waals surface area contributed by atoms with Crippen LogP contribution >= 0.6 is 23.2 Å². The maximum absolute atomic E-state index is 5.70. The first-order valence-corrected chi connectivity index (χ1v) is 7.41. The zero-order valence-corrected chi connectivity index (χ0v) is 12.3. The largest absolute Gasteiger partial charge is 0.379 e. The van der Waals surface area contributed by atoms with Crippen molar-refractivity contribution < 1.29 is 9.47 Å². The van der Waals surface area contributed by atoms with E-state index in [0.29, 0.717) is 31.6 Å². The smallest absolute Gasteiger partial charge is 0.0701 e. The highest BCUT2D eigenvalue weighted by Gasteiger charge is 2.02. The van der Waals surface area contributed by atoms with Crippen LogP contribution in [0.15, 0.2) is 0 Å². The van der Waals surface area contributed by atoms with E-state index in [2.05, 4.69) is 11.8 Å². The number of nitrogens with zero attached hydrogens (tertiary/aromatic N) is 1. The molecular formula is C12H25Cl2NO2. The normalized spacial score (nSPS) is 11.3. The van der Waals surface area contributed by atoms with Crippen LogP contribution in [0.2, 0.25) is 0 Å². The molecule has 0 heterocycles. The molecule has 0 N–H and O–H groups in total. The molecule has 0 radical (unpaired) electrons. The van der Waals surface area contributed by atoms with Crippen molar-refractivity contribution in [2.24, 2.45) is 0 Å². The molecule has 0 spiro atoms. The quantitative estimate of drug-likeness (QED) is 0.384. The molecule has 0 bridgehead atoms. The van der Waals surface area contributed by atoms with Crippen molar-refractivity contribution in [2.75, 3.05) is 57.8 Å². The third-order valence-electron chi connectivity index (χ3n) is 2.37. The van der Waals surface area contributed by atoms with Crippen LogP contribution in [0.3, 0.4) is 0 Å². The van der Waals surface area contributed by atoms with E-state index in [9.17, 15) is 0 Å². The molecule has 17 heavy (non-hydrogen) atoms. The molecule has 0 fully saturated rings. The predicted octanol–water partition coefficient (Wildman–Crippen LogP) is 2.60. The highest BCUT2D eigenvalue weighted by Crippen LogP contribution is 1.93. The third-order valence-corrected chi connectivity index (χ3v) is 2.71. The minimum Gasteiger partial charge on any atom is -0.379 e. The molecule has 0 amide bonds. The molecular weight excluding hydrogens is 261 g/mol. The number of ether oxygens (including phenoxy) is 2. The Morgan fingerprint density at radius 2 is 1.41 bits per heavy atom. The lowest BCUT2D eigenvalue weighted by Crippen LogP contribution is -2.31. The van der Waals surface area contributed by atoms with Gasteiger partial charge in [-0.3, -0.25) is 4.90 Å². The Kier molecular flexibility index (Phi) is 14.9. The molecule has 3 nitrogen and oxygen atoms in total. The van der Waals surface area contributed by atoms with Gasteiger partial charge in [-0.2, -0.15) is 0 Å². The predicted molar refractivity (Wildman–Crippen MR) is 74.4 cm³/mol. The number of unbranched alkanes of at least 4 members (excludes halogenated alkanes) is 1. The van der Waals surface area contributed by atoms with Gasteiger partial charge in [0.05, 0.1) is 19.8 Å². The first-order chi connectivity index (χ1) is 8.35. The number of alkyl halides is 2. The van der Waals surface area contributed by atoms with E-state index >= 15 is 0 Å². The average molecular weight is 286 g/mol. The van der Waals surface area contributed by atoms with Gasteiger partial charge < -0.3 is 9.47 Å². The summed E-state index contributed by atoms with van der Waals surface area (Å²) >= 11 is 11.4. The van der Waals surface area contributed by atoms with Crippen LogP contribution in [-0.4, -0.2) is 62.7 Å². The van der Waals surface area contributed by atoms with E-state index in [0.717, 1.165) is 32.7 Å². The lowest BCUT2D eigenvalue weighted by atomic mass is 10.4. The summed E-state index contributed by atoms with van der Waals surface area (Å²) in [4.78, 5) is 2.21. The average Bonchev–Trinajstić information content (AvgIpc) is 2.33. The van der Waals surface area contributed by atoms with Crippen molar-refractivity contribution in [3.63, 3.8) is 0 Å². The summed E-state index contributed by atoms with van der Waals surface area (Å²) in [7, 11) is 0. The van der Waals surface area contributed by atoms with E-state index in [4.69, 9.17) is 32.7 Å². The Bertz CT molecular complexity index is 144. The summed E-state index contributed by atoms with van der Waals surface area (Å²) in [5.74, 6) is 1.27. The molecule has 0 atom stereocenters. The summed E-state index contributed by atoms with van der Waals surface area (Å²) in [6.07, 6.45) is 2.30.